The van der Waals surface area contributed by atoms with Crippen LogP contribution in [0.3, 0.4) is 0 Å². The second kappa shape index (κ2) is 8.76. The summed E-state index contributed by atoms with van der Waals surface area (Å²) in [4.78, 5) is 21.1. The molecule has 3 rings (SSSR count). The van der Waals surface area contributed by atoms with Gasteiger partial charge in [-0.05, 0) is 31.9 Å². The second-order valence-electron chi connectivity index (χ2n) is 6.63. The molecule has 0 unspecified atom stereocenters. The summed E-state index contributed by atoms with van der Waals surface area (Å²) in [6.07, 6.45) is 6.80. The highest BCUT2D eigenvalue weighted by Crippen LogP contribution is 2.18. The average molecular weight is 341 g/mol. The van der Waals surface area contributed by atoms with Crippen molar-refractivity contribution in [2.45, 2.75) is 45.3 Å². The monoisotopic (exact) mass is 341 g/mol. The fourth-order valence-electron chi connectivity index (χ4n) is 3.47. The summed E-state index contributed by atoms with van der Waals surface area (Å²) in [6.45, 7) is 5.73. The molecular formula is C19H27N5O. The van der Waals surface area contributed by atoms with E-state index in [1.807, 2.05) is 34.7 Å². The van der Waals surface area contributed by atoms with Crippen LogP contribution in [0, 0.1) is 0 Å². The zero-order valence-corrected chi connectivity index (χ0v) is 14.9. The number of likely N-dealkylation sites (tertiary alicyclic amines) is 1. The van der Waals surface area contributed by atoms with Gasteiger partial charge in [-0.25, -0.2) is 4.98 Å². The maximum Gasteiger partial charge on any atom is 0.237 e. The third-order valence-corrected chi connectivity index (χ3v) is 4.90. The number of benzene rings is 1. The van der Waals surface area contributed by atoms with Gasteiger partial charge in [0.2, 0.25) is 5.91 Å². The second-order valence-corrected chi connectivity index (χ2v) is 6.63. The van der Waals surface area contributed by atoms with Crippen molar-refractivity contribution in [2.24, 2.45) is 0 Å². The molecule has 1 saturated heterocycles. The normalized spacial score (nSPS) is 18.2. The molecule has 0 bridgehead atoms. The van der Waals surface area contributed by atoms with E-state index in [2.05, 4.69) is 27.1 Å². The van der Waals surface area contributed by atoms with Gasteiger partial charge < -0.3 is 4.90 Å². The van der Waals surface area contributed by atoms with E-state index in [1.54, 1.807) is 12.7 Å². The lowest BCUT2D eigenvalue weighted by Gasteiger charge is -2.36. The van der Waals surface area contributed by atoms with E-state index >= 15 is 0 Å². The summed E-state index contributed by atoms with van der Waals surface area (Å²) in [5.74, 6) is 0.205. The molecule has 6 nitrogen and oxygen atoms in total. The maximum atomic E-state index is 12.8. The fourth-order valence-corrected chi connectivity index (χ4v) is 3.47. The Kier molecular flexibility index (Phi) is 6.17. The number of rotatable bonds is 7. The molecule has 0 saturated carbocycles. The molecule has 2 aromatic rings. The first-order chi connectivity index (χ1) is 12.3. The van der Waals surface area contributed by atoms with E-state index in [0.717, 1.165) is 32.5 Å². The summed E-state index contributed by atoms with van der Waals surface area (Å²) in [5, 5.41) is 4.21. The van der Waals surface area contributed by atoms with Crippen LogP contribution in [0.1, 0.15) is 31.7 Å². The third kappa shape index (κ3) is 4.89. The van der Waals surface area contributed by atoms with E-state index in [9.17, 15) is 4.79 Å². The van der Waals surface area contributed by atoms with Gasteiger partial charge in [0.1, 0.15) is 12.7 Å². The number of hydrogen-bond donors (Lipinski definition) is 0. The van der Waals surface area contributed by atoms with Crippen molar-refractivity contribution in [1.29, 1.82) is 0 Å². The molecule has 25 heavy (non-hydrogen) atoms. The molecule has 1 aromatic heterocycles. The topological polar surface area (TPSA) is 54.3 Å². The van der Waals surface area contributed by atoms with Gasteiger partial charge >= 0.3 is 0 Å². The molecule has 0 radical (unpaired) electrons. The Morgan fingerprint density at radius 1 is 1.28 bits per heavy atom. The highest BCUT2D eigenvalue weighted by molar-refractivity contribution is 5.78. The predicted molar refractivity (Wildman–Crippen MR) is 96.8 cm³/mol. The fraction of sp³-hybridized carbons (Fsp3) is 0.526. The Labute approximate surface area is 149 Å². The van der Waals surface area contributed by atoms with Crippen LogP contribution < -0.4 is 0 Å². The van der Waals surface area contributed by atoms with Gasteiger partial charge in [-0.1, -0.05) is 36.8 Å². The Morgan fingerprint density at radius 2 is 2.12 bits per heavy atom. The summed E-state index contributed by atoms with van der Waals surface area (Å²) in [5.41, 5.74) is 1.18. The molecule has 1 amide bonds. The van der Waals surface area contributed by atoms with E-state index in [1.165, 1.54) is 12.0 Å². The molecule has 1 aliphatic rings. The number of carbonyl (C=O) groups excluding carboxylic acids is 1. The van der Waals surface area contributed by atoms with Gasteiger partial charge in [0.15, 0.2) is 0 Å². The van der Waals surface area contributed by atoms with E-state index in [0.29, 0.717) is 19.1 Å². The lowest BCUT2D eigenvalue weighted by molar-refractivity contribution is -0.133. The largest absolute Gasteiger partial charge is 0.338 e. The number of hydrogen-bond acceptors (Lipinski definition) is 4. The van der Waals surface area contributed by atoms with E-state index in [-0.39, 0.29) is 5.91 Å². The number of carbonyl (C=O) groups is 1. The van der Waals surface area contributed by atoms with Crippen molar-refractivity contribution in [1.82, 2.24) is 24.6 Å². The Balaban J connectivity index is 1.60. The Bertz CT molecular complexity index is 643. The molecule has 134 valence electrons. The van der Waals surface area contributed by atoms with Crippen molar-refractivity contribution >= 4 is 5.91 Å². The first-order valence-electron chi connectivity index (χ1n) is 9.14. The molecular weight excluding hydrogens is 314 g/mol. The van der Waals surface area contributed by atoms with Gasteiger partial charge in [0, 0.05) is 19.1 Å². The number of amides is 1. The van der Waals surface area contributed by atoms with Gasteiger partial charge in [-0.15, -0.1) is 0 Å². The molecule has 1 fully saturated rings. The number of aromatic nitrogens is 3. The van der Waals surface area contributed by atoms with Crippen molar-refractivity contribution in [3.8, 4) is 0 Å². The average Bonchev–Trinajstić information content (AvgIpc) is 3.15. The summed E-state index contributed by atoms with van der Waals surface area (Å²) >= 11 is 0. The molecule has 0 aliphatic carbocycles. The van der Waals surface area contributed by atoms with Gasteiger partial charge in [-0.3, -0.25) is 14.4 Å². The summed E-state index contributed by atoms with van der Waals surface area (Å²) in [6, 6.07) is 10.5. The lowest BCUT2D eigenvalue weighted by Crippen LogP contribution is -2.48. The number of nitrogens with zero attached hydrogens (tertiary/aromatic N) is 5. The minimum atomic E-state index is 0.205. The van der Waals surface area contributed by atoms with Crippen molar-refractivity contribution in [2.75, 3.05) is 19.6 Å². The van der Waals surface area contributed by atoms with Crippen molar-refractivity contribution in [3.05, 3.63) is 48.5 Å². The van der Waals surface area contributed by atoms with Crippen LogP contribution in [0.2, 0.25) is 0 Å². The zero-order chi connectivity index (χ0) is 17.5. The van der Waals surface area contributed by atoms with Crippen molar-refractivity contribution in [3.63, 3.8) is 0 Å². The van der Waals surface area contributed by atoms with E-state index in [4.69, 9.17) is 0 Å². The molecule has 1 aromatic carbocycles. The number of likely N-dealkylation sites (N-methyl/N-ethyl adjacent to an activating group) is 1. The maximum absolute atomic E-state index is 12.8. The zero-order valence-electron chi connectivity index (χ0n) is 14.9. The third-order valence-electron chi connectivity index (χ3n) is 4.90. The van der Waals surface area contributed by atoms with Gasteiger partial charge in [-0.2, -0.15) is 5.10 Å². The molecule has 1 aliphatic heterocycles. The summed E-state index contributed by atoms with van der Waals surface area (Å²) in [7, 11) is 0. The highest BCUT2D eigenvalue weighted by Gasteiger charge is 2.26. The first kappa shape index (κ1) is 17.6. The first-order valence-corrected chi connectivity index (χ1v) is 9.14. The molecule has 2 heterocycles. The van der Waals surface area contributed by atoms with Crippen LogP contribution >= 0.6 is 0 Å². The summed E-state index contributed by atoms with van der Waals surface area (Å²) < 4.78 is 1.87. The highest BCUT2D eigenvalue weighted by atomic mass is 16.2. The van der Waals surface area contributed by atoms with Gasteiger partial charge in [0.25, 0.3) is 0 Å². The molecule has 0 N–H and O–H groups in total. The van der Waals surface area contributed by atoms with Gasteiger partial charge in [0.05, 0.1) is 13.1 Å². The van der Waals surface area contributed by atoms with Crippen LogP contribution in [0.25, 0.3) is 0 Å². The standard InChI is InChI=1S/C19H27N5O/c1-2-22(12-17-8-4-3-5-9-17)19(25)14-23-11-7-6-10-18(23)13-24-16-20-15-21-24/h3-5,8-9,15-16,18H,2,6-7,10-14H2,1H3/t18-/m0/s1. The quantitative estimate of drug-likeness (QED) is 0.775. The predicted octanol–water partition coefficient (Wildman–Crippen LogP) is 2.18. The smallest absolute Gasteiger partial charge is 0.237 e. The van der Waals surface area contributed by atoms with E-state index < -0.39 is 0 Å². The van der Waals surface area contributed by atoms with Crippen LogP contribution in [0.15, 0.2) is 43.0 Å². The Morgan fingerprint density at radius 3 is 2.84 bits per heavy atom. The number of piperidine rings is 1. The minimum absolute atomic E-state index is 0.205. The molecule has 1 atom stereocenters. The van der Waals surface area contributed by atoms with Crippen LogP contribution in [0.5, 0.6) is 0 Å². The lowest BCUT2D eigenvalue weighted by atomic mass is 10.0. The SMILES string of the molecule is CCN(Cc1ccccc1)C(=O)CN1CCCC[C@H]1Cn1cncn1. The Hall–Kier alpha value is -2.21. The molecule has 6 heteroatoms. The van der Waals surface area contributed by atoms with Crippen molar-refractivity contribution < 1.29 is 4.79 Å². The van der Waals surface area contributed by atoms with Crippen LogP contribution in [0.4, 0.5) is 0 Å². The van der Waals surface area contributed by atoms with Crippen LogP contribution in [-0.4, -0.2) is 56.1 Å². The van der Waals surface area contributed by atoms with Crippen LogP contribution in [-0.2, 0) is 17.9 Å². The molecule has 0 spiro atoms. The minimum Gasteiger partial charge on any atom is -0.338 e.